The van der Waals surface area contributed by atoms with E-state index in [0.717, 1.165) is 29.8 Å². The highest BCUT2D eigenvalue weighted by Gasteiger charge is 2.62. The Labute approximate surface area is 202 Å². The fourth-order valence-corrected chi connectivity index (χ4v) is 5.83. The first kappa shape index (κ1) is 22.5. The molecule has 0 saturated carbocycles. The summed E-state index contributed by atoms with van der Waals surface area (Å²) in [7, 11) is 3.11. The highest BCUT2D eigenvalue weighted by atomic mass is 35.5. The molecule has 3 aliphatic heterocycles. The molecule has 2 fully saturated rings. The van der Waals surface area contributed by atoms with Gasteiger partial charge in [0.2, 0.25) is 11.8 Å². The summed E-state index contributed by atoms with van der Waals surface area (Å²) in [6.45, 7) is 0.872. The summed E-state index contributed by atoms with van der Waals surface area (Å²) in [5.41, 5.74) is 1.23. The van der Waals surface area contributed by atoms with Gasteiger partial charge in [-0.15, -0.1) is 0 Å². The molecule has 2 unspecified atom stereocenters. The molecule has 2 aromatic rings. The van der Waals surface area contributed by atoms with E-state index in [-0.39, 0.29) is 19.0 Å². The zero-order chi connectivity index (χ0) is 24.0. The van der Waals surface area contributed by atoms with E-state index in [0.29, 0.717) is 29.4 Å². The van der Waals surface area contributed by atoms with E-state index >= 15 is 0 Å². The predicted molar refractivity (Wildman–Crippen MR) is 126 cm³/mol. The number of hydrogen-bond acceptors (Lipinski definition) is 6. The molecular weight excluding hydrogens is 458 g/mol. The number of nitrogens with zero attached hydrogens (tertiary/aromatic N) is 2. The Balaban J connectivity index is 1.47. The molecule has 2 atom stereocenters. The number of barbiturate groups is 1. The first-order valence-corrected chi connectivity index (χ1v) is 11.7. The second-order valence-corrected chi connectivity index (χ2v) is 9.30. The number of benzene rings is 2. The van der Waals surface area contributed by atoms with E-state index in [9.17, 15) is 14.4 Å². The Morgan fingerprint density at radius 1 is 1.12 bits per heavy atom. The van der Waals surface area contributed by atoms with Crippen LogP contribution in [-0.2, 0) is 22.4 Å². The van der Waals surface area contributed by atoms with Crippen LogP contribution in [0.25, 0.3) is 0 Å². The maximum atomic E-state index is 14.0. The van der Waals surface area contributed by atoms with Crippen molar-refractivity contribution in [1.82, 2.24) is 10.2 Å². The van der Waals surface area contributed by atoms with E-state index in [4.69, 9.17) is 21.1 Å². The van der Waals surface area contributed by atoms with E-state index in [1.807, 2.05) is 24.3 Å². The maximum Gasteiger partial charge on any atom is 0.330 e. The summed E-state index contributed by atoms with van der Waals surface area (Å²) < 4.78 is 10.6. The summed E-state index contributed by atoms with van der Waals surface area (Å²) >= 11 is 6.52. The lowest BCUT2D eigenvalue weighted by molar-refractivity contribution is -0.153. The number of carbonyl (C=O) groups excluding carboxylic acids is 3. The summed E-state index contributed by atoms with van der Waals surface area (Å²) in [5.74, 6) is 0.180. The van der Waals surface area contributed by atoms with Gasteiger partial charge in [-0.05, 0) is 54.7 Å². The topological polar surface area (TPSA) is 88.2 Å². The molecule has 0 radical (unpaired) electrons. The SMILES string of the molecule is COc1ccc(CCN2C(=O)NC(=O)C3(Cc4c(Cl)cccc4N4CCCC43)C2=O)cc1OC. The van der Waals surface area contributed by atoms with Gasteiger partial charge >= 0.3 is 6.03 Å². The maximum absolute atomic E-state index is 14.0. The molecule has 4 amide bonds. The molecule has 1 N–H and O–H groups in total. The van der Waals surface area contributed by atoms with Gasteiger partial charge in [0.1, 0.15) is 0 Å². The van der Waals surface area contributed by atoms with Crippen molar-refractivity contribution in [2.45, 2.75) is 31.7 Å². The van der Waals surface area contributed by atoms with Crippen LogP contribution >= 0.6 is 11.6 Å². The van der Waals surface area contributed by atoms with E-state index < -0.39 is 23.3 Å². The molecular formula is C25H26ClN3O5. The fourth-order valence-electron chi connectivity index (χ4n) is 5.59. The van der Waals surface area contributed by atoms with Gasteiger partial charge in [0, 0.05) is 30.2 Å². The first-order valence-electron chi connectivity index (χ1n) is 11.3. The lowest BCUT2D eigenvalue weighted by atomic mass is 9.68. The zero-order valence-electron chi connectivity index (χ0n) is 19.1. The number of carbonyl (C=O) groups is 3. The van der Waals surface area contributed by atoms with E-state index in [2.05, 4.69) is 10.2 Å². The van der Waals surface area contributed by atoms with Crippen LogP contribution < -0.4 is 19.7 Å². The zero-order valence-corrected chi connectivity index (χ0v) is 19.9. The number of hydrogen-bond donors (Lipinski definition) is 1. The molecule has 0 aromatic heterocycles. The minimum absolute atomic E-state index is 0.136. The highest BCUT2D eigenvalue weighted by molar-refractivity contribution is 6.32. The monoisotopic (exact) mass is 483 g/mol. The Kier molecular flexibility index (Phi) is 5.64. The Bertz CT molecular complexity index is 1190. The first-order chi connectivity index (χ1) is 16.4. The number of nitrogens with one attached hydrogen (secondary N) is 1. The Morgan fingerprint density at radius 2 is 1.91 bits per heavy atom. The molecule has 9 heteroatoms. The number of rotatable bonds is 5. The molecule has 3 aliphatic rings. The number of anilines is 1. The molecule has 1 spiro atoms. The summed E-state index contributed by atoms with van der Waals surface area (Å²) in [6.07, 6.45) is 2.14. The average molecular weight is 484 g/mol. The Morgan fingerprint density at radius 3 is 2.68 bits per heavy atom. The number of halogens is 1. The molecule has 34 heavy (non-hydrogen) atoms. The van der Waals surface area contributed by atoms with Crippen LogP contribution in [0.15, 0.2) is 36.4 Å². The van der Waals surface area contributed by atoms with Crippen LogP contribution in [0.2, 0.25) is 5.02 Å². The third-order valence-electron chi connectivity index (χ3n) is 7.25. The number of urea groups is 1. The van der Waals surface area contributed by atoms with E-state index in [1.165, 1.54) is 4.90 Å². The van der Waals surface area contributed by atoms with Crippen molar-refractivity contribution in [3.05, 3.63) is 52.5 Å². The minimum atomic E-state index is -1.39. The van der Waals surface area contributed by atoms with Gasteiger partial charge in [0.15, 0.2) is 16.9 Å². The van der Waals surface area contributed by atoms with Crippen molar-refractivity contribution in [2.75, 3.05) is 32.2 Å². The third-order valence-corrected chi connectivity index (χ3v) is 7.60. The quantitative estimate of drug-likeness (QED) is 0.657. The minimum Gasteiger partial charge on any atom is -0.493 e. The fraction of sp³-hybridized carbons (Fsp3) is 0.400. The molecule has 3 heterocycles. The summed E-state index contributed by atoms with van der Waals surface area (Å²) in [6, 6.07) is 10.1. The van der Waals surface area contributed by atoms with Crippen LogP contribution in [0.4, 0.5) is 10.5 Å². The van der Waals surface area contributed by atoms with Gasteiger partial charge in [-0.3, -0.25) is 19.8 Å². The molecule has 5 rings (SSSR count). The number of amides is 4. The number of methoxy groups -OCH3 is 2. The molecule has 2 aromatic carbocycles. The highest BCUT2D eigenvalue weighted by Crippen LogP contribution is 2.49. The van der Waals surface area contributed by atoms with Crippen molar-refractivity contribution < 1.29 is 23.9 Å². The second kappa shape index (κ2) is 8.51. The predicted octanol–water partition coefficient (Wildman–Crippen LogP) is 3.19. The van der Waals surface area contributed by atoms with Gasteiger partial charge in [-0.25, -0.2) is 4.79 Å². The van der Waals surface area contributed by atoms with Gasteiger partial charge in [-0.1, -0.05) is 23.7 Å². The number of fused-ring (bicyclic) bond motifs is 4. The van der Waals surface area contributed by atoms with E-state index in [1.54, 1.807) is 26.4 Å². The Hall–Kier alpha value is -3.26. The molecule has 178 valence electrons. The normalized spacial score (nSPS) is 23.6. The largest absolute Gasteiger partial charge is 0.493 e. The smallest absolute Gasteiger partial charge is 0.330 e. The lowest BCUT2D eigenvalue weighted by Crippen LogP contribution is -2.71. The van der Waals surface area contributed by atoms with Gasteiger partial charge in [-0.2, -0.15) is 0 Å². The third kappa shape index (κ3) is 3.31. The van der Waals surface area contributed by atoms with Crippen LogP contribution in [0, 0.1) is 5.41 Å². The summed E-state index contributed by atoms with van der Waals surface area (Å²) in [4.78, 5) is 43.4. The molecule has 0 aliphatic carbocycles. The molecule has 0 bridgehead atoms. The molecule has 8 nitrogen and oxygen atoms in total. The number of imide groups is 2. The second-order valence-electron chi connectivity index (χ2n) is 8.89. The van der Waals surface area contributed by atoms with Crippen molar-refractivity contribution in [2.24, 2.45) is 5.41 Å². The van der Waals surface area contributed by atoms with Crippen molar-refractivity contribution >= 4 is 35.1 Å². The van der Waals surface area contributed by atoms with Crippen LogP contribution in [0.3, 0.4) is 0 Å². The standard InChI is InChI=1S/C25H26ClN3O5/c1-33-19-9-8-15(13-20(19)34-2)10-12-29-23(31)25(22(30)27-24(29)32)14-16-17(26)5-3-6-18(16)28-11-4-7-21(25)28/h3,5-6,8-9,13,21H,4,7,10-12,14H2,1-2H3,(H,27,30,32). The number of ether oxygens (including phenoxy) is 2. The van der Waals surface area contributed by atoms with Crippen LogP contribution in [0.1, 0.15) is 24.0 Å². The van der Waals surface area contributed by atoms with Crippen molar-refractivity contribution in [1.29, 1.82) is 0 Å². The van der Waals surface area contributed by atoms with Gasteiger partial charge in [0.05, 0.1) is 20.3 Å². The van der Waals surface area contributed by atoms with Crippen LogP contribution in [-0.4, -0.2) is 56.1 Å². The van der Waals surface area contributed by atoms with Crippen LogP contribution in [0.5, 0.6) is 11.5 Å². The van der Waals surface area contributed by atoms with Gasteiger partial charge < -0.3 is 14.4 Å². The average Bonchev–Trinajstić information content (AvgIpc) is 3.34. The van der Waals surface area contributed by atoms with Gasteiger partial charge in [0.25, 0.3) is 0 Å². The molecule has 2 saturated heterocycles. The van der Waals surface area contributed by atoms with Crippen molar-refractivity contribution in [3.63, 3.8) is 0 Å². The summed E-state index contributed by atoms with van der Waals surface area (Å²) in [5, 5.41) is 3.00. The lowest BCUT2D eigenvalue weighted by Gasteiger charge is -2.49. The van der Waals surface area contributed by atoms with Crippen molar-refractivity contribution in [3.8, 4) is 11.5 Å².